The van der Waals surface area contributed by atoms with Gasteiger partial charge in [-0.2, -0.15) is 11.3 Å². The fourth-order valence-corrected chi connectivity index (χ4v) is 3.92. The largest absolute Gasteiger partial charge is 0.463 e. The highest BCUT2D eigenvalue weighted by molar-refractivity contribution is 7.11. The topological polar surface area (TPSA) is 64.4 Å². The molecular weight excluding hydrogens is 358 g/mol. The molecule has 4 heterocycles. The molecule has 0 aromatic carbocycles. The molecule has 1 amide bonds. The molecule has 0 atom stereocenters. The van der Waals surface area contributed by atoms with Crippen LogP contribution in [0.15, 0.2) is 45.5 Å². The minimum atomic E-state index is -0.133. The van der Waals surface area contributed by atoms with Crippen LogP contribution in [0.25, 0.3) is 11.1 Å². The van der Waals surface area contributed by atoms with E-state index in [1.807, 2.05) is 22.2 Å². The molecule has 3 aromatic rings. The van der Waals surface area contributed by atoms with Crippen LogP contribution in [0.3, 0.4) is 0 Å². The predicted molar refractivity (Wildman–Crippen MR) is 97.4 cm³/mol. The summed E-state index contributed by atoms with van der Waals surface area (Å²) in [6.07, 6.45) is 3.28. The molecule has 25 heavy (non-hydrogen) atoms. The fraction of sp³-hybridized carbons (Fsp3) is 0.235. The first kappa shape index (κ1) is 16.0. The van der Waals surface area contributed by atoms with Crippen LogP contribution in [-0.4, -0.2) is 39.6 Å². The molecule has 1 fully saturated rings. The summed E-state index contributed by atoms with van der Waals surface area (Å²) in [5, 5.41) is 6.35. The van der Waals surface area contributed by atoms with E-state index in [2.05, 4.69) is 4.98 Å². The van der Waals surface area contributed by atoms with Crippen molar-refractivity contribution in [2.45, 2.75) is 6.10 Å². The second-order valence-electron chi connectivity index (χ2n) is 5.81. The van der Waals surface area contributed by atoms with Gasteiger partial charge in [-0.15, -0.1) is 0 Å². The Labute approximate surface area is 151 Å². The minimum absolute atomic E-state index is 0.0350. The van der Waals surface area contributed by atoms with Crippen molar-refractivity contribution in [2.24, 2.45) is 7.05 Å². The van der Waals surface area contributed by atoms with Gasteiger partial charge < -0.3 is 14.2 Å². The molecule has 0 spiro atoms. The molecule has 1 aliphatic heterocycles. The van der Waals surface area contributed by atoms with E-state index < -0.39 is 0 Å². The summed E-state index contributed by atoms with van der Waals surface area (Å²) in [5.41, 5.74) is 1.97. The molecule has 128 valence electrons. The Balaban J connectivity index is 1.55. The summed E-state index contributed by atoms with van der Waals surface area (Å²) in [5.74, 6) is -0.0872. The number of pyridine rings is 1. The molecule has 0 saturated carbocycles. The van der Waals surface area contributed by atoms with Gasteiger partial charge in [0.05, 0.1) is 18.7 Å². The number of aryl methyl sites for hydroxylation is 1. The van der Waals surface area contributed by atoms with E-state index in [9.17, 15) is 9.59 Å². The number of carbonyl (C=O) groups excluding carboxylic acids is 1. The smallest absolute Gasteiger partial charge is 0.273 e. The average molecular weight is 373 g/mol. The van der Waals surface area contributed by atoms with Crippen molar-refractivity contribution in [3.05, 3.63) is 56.6 Å². The van der Waals surface area contributed by atoms with E-state index in [-0.39, 0.29) is 17.6 Å². The van der Waals surface area contributed by atoms with Crippen LogP contribution in [0.5, 0.6) is 5.19 Å². The van der Waals surface area contributed by atoms with Gasteiger partial charge in [-0.05, 0) is 22.4 Å². The van der Waals surface area contributed by atoms with Crippen LogP contribution >= 0.6 is 22.7 Å². The van der Waals surface area contributed by atoms with Gasteiger partial charge in [-0.1, -0.05) is 11.3 Å². The monoisotopic (exact) mass is 373 g/mol. The summed E-state index contributed by atoms with van der Waals surface area (Å²) in [7, 11) is 1.65. The second kappa shape index (κ2) is 6.45. The van der Waals surface area contributed by atoms with Crippen molar-refractivity contribution in [3.63, 3.8) is 0 Å². The van der Waals surface area contributed by atoms with Gasteiger partial charge in [0.25, 0.3) is 16.7 Å². The molecule has 0 unspecified atom stereocenters. The molecule has 3 aromatic heterocycles. The van der Waals surface area contributed by atoms with Gasteiger partial charge in [-0.25, -0.2) is 4.98 Å². The van der Waals surface area contributed by atoms with Crippen LogP contribution in [0, 0.1) is 0 Å². The number of aromatic nitrogens is 2. The van der Waals surface area contributed by atoms with E-state index in [1.165, 1.54) is 33.3 Å². The number of likely N-dealkylation sites (tertiary alicyclic amines) is 1. The summed E-state index contributed by atoms with van der Waals surface area (Å²) >= 11 is 2.97. The summed E-state index contributed by atoms with van der Waals surface area (Å²) < 4.78 is 7.15. The highest BCUT2D eigenvalue weighted by Gasteiger charge is 2.34. The highest BCUT2D eigenvalue weighted by atomic mass is 32.1. The molecule has 0 bridgehead atoms. The van der Waals surface area contributed by atoms with Crippen molar-refractivity contribution >= 4 is 28.6 Å². The van der Waals surface area contributed by atoms with Crippen molar-refractivity contribution < 1.29 is 9.53 Å². The maximum atomic E-state index is 12.9. The first-order valence-electron chi connectivity index (χ1n) is 7.70. The highest BCUT2D eigenvalue weighted by Crippen LogP contribution is 2.27. The fourth-order valence-electron chi connectivity index (χ4n) is 2.72. The van der Waals surface area contributed by atoms with Crippen molar-refractivity contribution in [1.29, 1.82) is 0 Å². The number of hydrogen-bond acceptors (Lipinski definition) is 6. The Bertz CT molecular complexity index is 942. The van der Waals surface area contributed by atoms with Crippen molar-refractivity contribution in [2.75, 3.05) is 13.1 Å². The van der Waals surface area contributed by atoms with Crippen molar-refractivity contribution in [3.8, 4) is 16.3 Å². The lowest BCUT2D eigenvalue weighted by Gasteiger charge is -2.38. The molecular formula is C17H15N3O3S2. The summed E-state index contributed by atoms with van der Waals surface area (Å²) in [6.45, 7) is 1.04. The van der Waals surface area contributed by atoms with Gasteiger partial charge >= 0.3 is 0 Å². The lowest BCUT2D eigenvalue weighted by molar-refractivity contribution is 0.0177. The number of rotatable bonds is 4. The van der Waals surface area contributed by atoms with Crippen LogP contribution in [0.2, 0.25) is 0 Å². The maximum absolute atomic E-state index is 12.9. The van der Waals surface area contributed by atoms with Crippen LogP contribution in [-0.2, 0) is 7.05 Å². The molecule has 1 aliphatic rings. The number of carbonyl (C=O) groups is 1. The van der Waals surface area contributed by atoms with Gasteiger partial charge in [0.1, 0.15) is 6.10 Å². The Morgan fingerprint density at radius 2 is 2.20 bits per heavy atom. The Kier molecular flexibility index (Phi) is 4.14. The average Bonchev–Trinajstić information content (AvgIpc) is 3.25. The van der Waals surface area contributed by atoms with Gasteiger partial charge in [0.15, 0.2) is 0 Å². The van der Waals surface area contributed by atoms with Gasteiger partial charge in [0.2, 0.25) is 0 Å². The number of nitrogens with zero attached hydrogens (tertiary/aromatic N) is 3. The molecule has 0 N–H and O–H groups in total. The third-order valence-electron chi connectivity index (χ3n) is 4.10. The zero-order valence-corrected chi connectivity index (χ0v) is 15.0. The Morgan fingerprint density at radius 1 is 1.36 bits per heavy atom. The van der Waals surface area contributed by atoms with Crippen LogP contribution < -0.4 is 10.3 Å². The molecule has 1 saturated heterocycles. The lowest BCUT2D eigenvalue weighted by Crippen LogP contribution is -2.56. The zero-order valence-electron chi connectivity index (χ0n) is 13.4. The van der Waals surface area contributed by atoms with Crippen LogP contribution in [0.1, 0.15) is 10.4 Å². The van der Waals surface area contributed by atoms with Gasteiger partial charge in [0, 0.05) is 36.5 Å². The third kappa shape index (κ3) is 3.10. The lowest BCUT2D eigenvalue weighted by atomic mass is 10.0. The number of amides is 1. The first-order chi connectivity index (χ1) is 12.1. The molecule has 8 heteroatoms. The third-order valence-corrected chi connectivity index (χ3v) is 5.45. The van der Waals surface area contributed by atoms with E-state index >= 15 is 0 Å². The predicted octanol–water partition coefficient (Wildman–Crippen LogP) is 2.47. The SMILES string of the molecule is Cn1cc(C(=O)N2CC(Oc3nccs3)C2)c(-c2ccsc2)cc1=O. The van der Waals surface area contributed by atoms with E-state index in [0.29, 0.717) is 29.4 Å². The molecule has 4 rings (SSSR count). The Morgan fingerprint density at radius 3 is 2.88 bits per heavy atom. The second-order valence-corrected chi connectivity index (χ2v) is 7.45. The molecule has 0 aliphatic carbocycles. The first-order valence-corrected chi connectivity index (χ1v) is 9.53. The standard InChI is InChI=1S/C17H15N3O3S2/c1-19-9-14(13(6-15(19)21)11-2-4-24-10-11)16(22)20-7-12(8-20)23-17-18-3-5-25-17/h2-6,9-10,12H,7-8H2,1H3. The summed E-state index contributed by atoms with van der Waals surface area (Å²) in [4.78, 5) is 30.7. The van der Waals surface area contributed by atoms with Crippen molar-refractivity contribution in [1.82, 2.24) is 14.5 Å². The van der Waals surface area contributed by atoms with Crippen LogP contribution in [0.4, 0.5) is 0 Å². The molecule has 0 radical (unpaired) electrons. The summed E-state index contributed by atoms with van der Waals surface area (Å²) in [6, 6.07) is 3.44. The number of ether oxygens (including phenoxy) is 1. The zero-order chi connectivity index (χ0) is 17.4. The Hall–Kier alpha value is -2.45. The maximum Gasteiger partial charge on any atom is 0.273 e. The number of thiazole rings is 1. The number of thiophene rings is 1. The number of hydrogen-bond donors (Lipinski definition) is 0. The van der Waals surface area contributed by atoms with E-state index in [4.69, 9.17) is 4.74 Å². The normalized spacial score (nSPS) is 14.4. The van der Waals surface area contributed by atoms with E-state index in [1.54, 1.807) is 24.3 Å². The van der Waals surface area contributed by atoms with Gasteiger partial charge in [-0.3, -0.25) is 9.59 Å². The minimum Gasteiger partial charge on any atom is -0.463 e. The molecule has 6 nitrogen and oxygen atoms in total. The van der Waals surface area contributed by atoms with E-state index in [0.717, 1.165) is 5.56 Å². The quantitative estimate of drug-likeness (QED) is 0.705.